The van der Waals surface area contributed by atoms with Gasteiger partial charge in [-0.3, -0.25) is 4.79 Å². The molecule has 3 rings (SSSR count). The van der Waals surface area contributed by atoms with Gasteiger partial charge in [-0.05, 0) is 60.5 Å². The smallest absolute Gasteiger partial charge is 0.145 e. The number of alkyl halides is 2. The van der Waals surface area contributed by atoms with Crippen molar-refractivity contribution in [3.63, 3.8) is 0 Å². The van der Waals surface area contributed by atoms with E-state index in [1.807, 2.05) is 0 Å². The van der Waals surface area contributed by atoms with Gasteiger partial charge in [-0.15, -0.1) is 0 Å². The summed E-state index contributed by atoms with van der Waals surface area (Å²) in [6.07, 6.45) is 6.07. The Bertz CT molecular complexity index is 450. The van der Waals surface area contributed by atoms with E-state index in [0.29, 0.717) is 12.3 Å². The first-order valence-electron chi connectivity index (χ1n) is 7.74. The average molecular weight is 280 g/mol. The van der Waals surface area contributed by atoms with Gasteiger partial charge in [0.2, 0.25) is 0 Å². The Balaban J connectivity index is 1.90. The van der Waals surface area contributed by atoms with Crippen molar-refractivity contribution >= 4 is 6.29 Å². The maximum atomic E-state index is 14.3. The predicted octanol–water partition coefficient (Wildman–Crippen LogP) is 4.19. The van der Waals surface area contributed by atoms with Gasteiger partial charge >= 0.3 is 0 Å². The van der Waals surface area contributed by atoms with Gasteiger partial charge in [0.1, 0.15) is 18.6 Å². The molecule has 0 aromatic rings. The molecule has 1 nitrogen and oxygen atoms in total. The lowest BCUT2D eigenvalue weighted by molar-refractivity contribution is -0.105. The van der Waals surface area contributed by atoms with Crippen LogP contribution in [0.4, 0.5) is 8.78 Å². The largest absolute Gasteiger partial charge is 0.298 e. The van der Waals surface area contributed by atoms with Crippen LogP contribution < -0.4 is 0 Å². The summed E-state index contributed by atoms with van der Waals surface area (Å²) in [5.41, 5.74) is 1.67. The summed E-state index contributed by atoms with van der Waals surface area (Å²) in [5.74, 6) is 1.30. The number of hydrogen-bond acceptors (Lipinski definition) is 1. The molecule has 1 fully saturated rings. The zero-order chi connectivity index (χ0) is 14.3. The molecule has 0 heterocycles. The molecule has 0 spiro atoms. The first-order chi connectivity index (χ1) is 9.60. The second kappa shape index (κ2) is 5.42. The first kappa shape index (κ1) is 14.0. The second-order valence-electron chi connectivity index (χ2n) is 6.72. The highest BCUT2D eigenvalue weighted by atomic mass is 19.1. The number of hydrogen-bond donors (Lipinski definition) is 0. The van der Waals surface area contributed by atoms with Gasteiger partial charge in [-0.25, -0.2) is 8.78 Å². The zero-order valence-corrected chi connectivity index (χ0v) is 11.9. The number of aldehydes is 1. The molecule has 0 bridgehead atoms. The van der Waals surface area contributed by atoms with Gasteiger partial charge < -0.3 is 0 Å². The van der Waals surface area contributed by atoms with Crippen molar-refractivity contribution in [2.24, 2.45) is 23.7 Å². The lowest BCUT2D eigenvalue weighted by atomic mass is 9.66. The molecule has 3 aliphatic rings. The fourth-order valence-electron chi connectivity index (χ4n) is 4.04. The van der Waals surface area contributed by atoms with Gasteiger partial charge in [-0.2, -0.15) is 0 Å². The van der Waals surface area contributed by atoms with Crippen LogP contribution in [0.5, 0.6) is 0 Å². The van der Waals surface area contributed by atoms with Gasteiger partial charge in [0.25, 0.3) is 0 Å². The third-order valence-corrected chi connectivity index (χ3v) is 5.13. The van der Waals surface area contributed by atoms with E-state index in [9.17, 15) is 13.6 Å². The van der Waals surface area contributed by atoms with E-state index >= 15 is 0 Å². The molecule has 0 N–H and O–H groups in total. The lowest BCUT2D eigenvalue weighted by Gasteiger charge is -2.39. The Morgan fingerprint density at radius 2 is 2.05 bits per heavy atom. The third-order valence-electron chi connectivity index (χ3n) is 5.13. The van der Waals surface area contributed by atoms with E-state index in [0.717, 1.165) is 23.9 Å². The first-order valence-corrected chi connectivity index (χ1v) is 7.74. The molecule has 1 saturated carbocycles. The molecule has 3 aliphatic carbocycles. The number of rotatable bonds is 3. The molecule has 1 unspecified atom stereocenters. The van der Waals surface area contributed by atoms with E-state index in [-0.39, 0.29) is 24.2 Å². The Kier molecular flexibility index (Phi) is 3.78. The van der Waals surface area contributed by atoms with Crippen LogP contribution in [0.25, 0.3) is 0 Å². The summed E-state index contributed by atoms with van der Waals surface area (Å²) < 4.78 is 27.6. The summed E-state index contributed by atoms with van der Waals surface area (Å²) >= 11 is 0. The SMILES string of the molecule is C[C@@H]1CC(C=O)=C[C@H](C2CC2)C1C1=CC[C@H](F)C[C@@H]1F. The van der Waals surface area contributed by atoms with Crippen LogP contribution in [0.2, 0.25) is 0 Å². The number of halogens is 2. The molecule has 110 valence electrons. The molecule has 20 heavy (non-hydrogen) atoms. The number of allylic oxidation sites excluding steroid dienone is 4. The number of carbonyl (C=O) groups excluding carboxylic acids is 1. The van der Waals surface area contributed by atoms with Crippen LogP contribution in [0.15, 0.2) is 23.3 Å². The molecule has 0 aromatic heterocycles. The molecule has 0 aliphatic heterocycles. The normalized spacial score (nSPS) is 41.9. The third kappa shape index (κ3) is 2.59. The minimum absolute atomic E-state index is 0.0106. The van der Waals surface area contributed by atoms with Crippen molar-refractivity contribution in [2.75, 3.05) is 0 Å². The van der Waals surface area contributed by atoms with Crippen LogP contribution >= 0.6 is 0 Å². The Morgan fingerprint density at radius 1 is 1.30 bits per heavy atom. The lowest BCUT2D eigenvalue weighted by Crippen LogP contribution is -2.34. The molecule has 3 heteroatoms. The highest BCUT2D eigenvalue weighted by molar-refractivity contribution is 5.73. The van der Waals surface area contributed by atoms with E-state index in [2.05, 4.69) is 13.0 Å². The Morgan fingerprint density at radius 3 is 2.65 bits per heavy atom. The zero-order valence-electron chi connectivity index (χ0n) is 11.9. The Hall–Kier alpha value is -0.990. The summed E-state index contributed by atoms with van der Waals surface area (Å²) in [6, 6.07) is 0. The van der Waals surface area contributed by atoms with E-state index in [1.54, 1.807) is 6.08 Å². The van der Waals surface area contributed by atoms with E-state index < -0.39 is 12.3 Å². The van der Waals surface area contributed by atoms with E-state index in [4.69, 9.17) is 0 Å². The molecule has 0 aromatic carbocycles. The van der Waals surface area contributed by atoms with Crippen molar-refractivity contribution < 1.29 is 13.6 Å². The number of carbonyl (C=O) groups is 1. The van der Waals surface area contributed by atoms with E-state index in [1.165, 1.54) is 12.8 Å². The summed E-state index contributed by atoms with van der Waals surface area (Å²) in [7, 11) is 0. The summed E-state index contributed by atoms with van der Waals surface area (Å²) in [4.78, 5) is 11.1. The molecule has 5 atom stereocenters. The monoisotopic (exact) mass is 280 g/mol. The standard InChI is InChI=1S/C17H22F2O/c1-10-6-11(9-20)7-15(12-2-3-12)17(10)14-5-4-13(18)8-16(14)19/h5,7,9-10,12-13,15-17H,2-4,6,8H2,1H3/t10-,13+,15-,16+,17?/m1/s1. The van der Waals surface area contributed by atoms with Crippen LogP contribution in [0.1, 0.15) is 39.0 Å². The van der Waals surface area contributed by atoms with Crippen LogP contribution in [-0.4, -0.2) is 18.6 Å². The molecular formula is C17H22F2O. The minimum Gasteiger partial charge on any atom is -0.298 e. The highest BCUT2D eigenvalue weighted by Crippen LogP contribution is 2.51. The topological polar surface area (TPSA) is 17.1 Å². The van der Waals surface area contributed by atoms with Crippen molar-refractivity contribution in [2.45, 2.75) is 51.4 Å². The molecule has 0 saturated heterocycles. The summed E-state index contributed by atoms with van der Waals surface area (Å²) in [5, 5.41) is 0. The predicted molar refractivity (Wildman–Crippen MR) is 74.7 cm³/mol. The van der Waals surface area contributed by atoms with Gasteiger partial charge in [0, 0.05) is 6.42 Å². The van der Waals surface area contributed by atoms with Crippen molar-refractivity contribution in [1.29, 1.82) is 0 Å². The van der Waals surface area contributed by atoms with Gasteiger partial charge in [0.15, 0.2) is 0 Å². The van der Waals surface area contributed by atoms with Crippen LogP contribution in [0.3, 0.4) is 0 Å². The van der Waals surface area contributed by atoms with Crippen molar-refractivity contribution in [3.05, 3.63) is 23.3 Å². The summed E-state index contributed by atoms with van der Waals surface area (Å²) in [6.45, 7) is 2.10. The van der Waals surface area contributed by atoms with Crippen LogP contribution in [0, 0.1) is 23.7 Å². The average Bonchev–Trinajstić information content (AvgIpc) is 3.23. The highest BCUT2D eigenvalue weighted by Gasteiger charge is 2.44. The van der Waals surface area contributed by atoms with Crippen molar-refractivity contribution in [1.82, 2.24) is 0 Å². The van der Waals surface area contributed by atoms with Gasteiger partial charge in [-0.1, -0.05) is 19.1 Å². The minimum atomic E-state index is -1.14. The fourth-order valence-corrected chi connectivity index (χ4v) is 4.04. The Labute approximate surface area is 119 Å². The van der Waals surface area contributed by atoms with Crippen molar-refractivity contribution in [3.8, 4) is 0 Å². The fraction of sp³-hybridized carbons (Fsp3) is 0.706. The second-order valence-corrected chi connectivity index (χ2v) is 6.72. The maximum Gasteiger partial charge on any atom is 0.145 e. The van der Waals surface area contributed by atoms with Gasteiger partial charge in [0.05, 0.1) is 0 Å². The maximum absolute atomic E-state index is 14.3. The van der Waals surface area contributed by atoms with Crippen LogP contribution in [-0.2, 0) is 4.79 Å². The molecule has 0 amide bonds. The molecule has 0 radical (unpaired) electrons. The molecular weight excluding hydrogens is 258 g/mol. The quantitative estimate of drug-likeness (QED) is 0.559.